The molecule has 1 aromatic heterocycles. The molecule has 0 saturated carbocycles. The summed E-state index contributed by atoms with van der Waals surface area (Å²) in [5.74, 6) is -0.313. The van der Waals surface area contributed by atoms with E-state index in [0.29, 0.717) is 16.0 Å². The molecule has 0 bridgehead atoms. The summed E-state index contributed by atoms with van der Waals surface area (Å²) in [6.45, 7) is 1.67. The zero-order chi connectivity index (χ0) is 16.7. The minimum atomic E-state index is -0.313. The molecular formula is C20H14ClFN2. The second-order valence-corrected chi connectivity index (χ2v) is 6.08. The van der Waals surface area contributed by atoms with Gasteiger partial charge in [-0.05, 0) is 36.2 Å². The largest absolute Gasteiger partial charge is 0.232 e. The Kier molecular flexibility index (Phi) is 3.58. The van der Waals surface area contributed by atoms with E-state index in [-0.39, 0.29) is 5.82 Å². The molecule has 4 heteroatoms. The zero-order valence-electron chi connectivity index (χ0n) is 13.0. The predicted octanol–water partition coefficient (Wildman–Crippen LogP) is 5.79. The van der Waals surface area contributed by atoms with E-state index < -0.39 is 0 Å². The highest BCUT2D eigenvalue weighted by atomic mass is 35.5. The Hall–Kier alpha value is -2.65. The summed E-state index contributed by atoms with van der Waals surface area (Å²) in [5, 5.41) is 5.46. The Morgan fingerprint density at radius 1 is 0.958 bits per heavy atom. The number of fused-ring (bicyclic) bond motifs is 1. The van der Waals surface area contributed by atoms with Gasteiger partial charge in [-0.25, -0.2) is 9.07 Å². The minimum absolute atomic E-state index is 0.313. The third kappa shape index (κ3) is 2.38. The van der Waals surface area contributed by atoms with Crippen LogP contribution < -0.4 is 0 Å². The SMILES string of the molecule is Cc1c(F)cc2cnn(-c3ccc(-c4ccccc4)cc3)c2c1Cl. The maximum absolute atomic E-state index is 13.8. The number of nitrogens with zero attached hydrogens (tertiary/aromatic N) is 2. The van der Waals surface area contributed by atoms with Crippen LogP contribution in [0, 0.1) is 12.7 Å². The van der Waals surface area contributed by atoms with Crippen LogP contribution in [0.3, 0.4) is 0 Å². The fraction of sp³-hybridized carbons (Fsp3) is 0.0500. The van der Waals surface area contributed by atoms with Crippen molar-refractivity contribution in [3.8, 4) is 16.8 Å². The Balaban J connectivity index is 1.82. The summed E-state index contributed by atoms with van der Waals surface area (Å²) in [6, 6.07) is 19.7. The highest BCUT2D eigenvalue weighted by molar-refractivity contribution is 6.36. The summed E-state index contributed by atoms with van der Waals surface area (Å²) in [6.07, 6.45) is 1.63. The summed E-state index contributed by atoms with van der Waals surface area (Å²) in [5.41, 5.74) is 4.34. The van der Waals surface area contributed by atoms with E-state index in [1.54, 1.807) is 17.8 Å². The third-order valence-corrected chi connectivity index (χ3v) is 4.66. The van der Waals surface area contributed by atoms with Crippen LogP contribution in [0.1, 0.15) is 5.56 Å². The number of aromatic nitrogens is 2. The molecule has 2 nitrogen and oxygen atoms in total. The van der Waals surface area contributed by atoms with E-state index in [4.69, 9.17) is 11.6 Å². The molecule has 0 aliphatic carbocycles. The highest BCUT2D eigenvalue weighted by Gasteiger charge is 2.14. The first-order valence-corrected chi connectivity index (χ1v) is 8.01. The van der Waals surface area contributed by atoms with Crippen molar-refractivity contribution < 1.29 is 4.39 Å². The lowest BCUT2D eigenvalue weighted by atomic mass is 10.1. The molecule has 118 valence electrons. The van der Waals surface area contributed by atoms with E-state index >= 15 is 0 Å². The number of halogens is 2. The van der Waals surface area contributed by atoms with Crippen LogP contribution in [0.5, 0.6) is 0 Å². The second kappa shape index (κ2) is 5.77. The molecule has 0 radical (unpaired) electrons. The van der Waals surface area contributed by atoms with Crippen LogP contribution in [0.2, 0.25) is 5.02 Å². The lowest BCUT2D eigenvalue weighted by Gasteiger charge is -2.08. The molecule has 0 aliphatic rings. The lowest BCUT2D eigenvalue weighted by molar-refractivity contribution is 0.620. The summed E-state index contributed by atoms with van der Waals surface area (Å²) < 4.78 is 15.6. The molecule has 0 atom stereocenters. The van der Waals surface area contributed by atoms with Gasteiger partial charge in [0.25, 0.3) is 0 Å². The van der Waals surface area contributed by atoms with Gasteiger partial charge in [-0.15, -0.1) is 0 Å². The molecule has 1 heterocycles. The van der Waals surface area contributed by atoms with Crippen molar-refractivity contribution in [1.29, 1.82) is 0 Å². The Morgan fingerprint density at radius 3 is 2.33 bits per heavy atom. The molecule has 0 spiro atoms. The van der Waals surface area contributed by atoms with E-state index in [2.05, 4.69) is 17.2 Å². The van der Waals surface area contributed by atoms with Gasteiger partial charge in [0.05, 0.1) is 22.4 Å². The fourth-order valence-electron chi connectivity index (χ4n) is 2.84. The standard InChI is InChI=1S/C20H14ClFN2/c1-13-18(22)11-16-12-23-24(20(16)19(13)21)17-9-7-15(8-10-17)14-5-3-2-4-6-14/h2-12H,1H3. The van der Waals surface area contributed by atoms with Crippen LogP contribution in [-0.2, 0) is 0 Å². The highest BCUT2D eigenvalue weighted by Crippen LogP contribution is 2.31. The van der Waals surface area contributed by atoms with Gasteiger partial charge in [0.1, 0.15) is 5.82 Å². The van der Waals surface area contributed by atoms with Gasteiger partial charge in [-0.2, -0.15) is 5.10 Å². The van der Waals surface area contributed by atoms with E-state index in [9.17, 15) is 4.39 Å². The van der Waals surface area contributed by atoms with Crippen molar-refractivity contribution in [2.75, 3.05) is 0 Å². The monoisotopic (exact) mass is 336 g/mol. The average molecular weight is 337 g/mol. The topological polar surface area (TPSA) is 17.8 Å². The Labute approximate surface area is 144 Å². The van der Waals surface area contributed by atoms with Gasteiger partial charge in [0.15, 0.2) is 0 Å². The van der Waals surface area contributed by atoms with Crippen LogP contribution in [0.15, 0.2) is 66.9 Å². The molecular weight excluding hydrogens is 323 g/mol. The molecule has 0 N–H and O–H groups in total. The maximum atomic E-state index is 13.8. The minimum Gasteiger partial charge on any atom is -0.232 e. The summed E-state index contributed by atoms with van der Waals surface area (Å²) in [7, 11) is 0. The van der Waals surface area contributed by atoms with Crippen molar-refractivity contribution in [1.82, 2.24) is 9.78 Å². The van der Waals surface area contributed by atoms with Gasteiger partial charge in [-0.3, -0.25) is 0 Å². The number of hydrogen-bond donors (Lipinski definition) is 0. The molecule has 0 amide bonds. The van der Waals surface area contributed by atoms with E-state index in [1.807, 2.05) is 42.5 Å². The van der Waals surface area contributed by atoms with Crippen LogP contribution in [-0.4, -0.2) is 9.78 Å². The molecule has 0 saturated heterocycles. The van der Waals surface area contributed by atoms with Crippen LogP contribution >= 0.6 is 11.6 Å². The van der Waals surface area contributed by atoms with Gasteiger partial charge in [-0.1, -0.05) is 54.1 Å². The smallest absolute Gasteiger partial charge is 0.128 e. The Bertz CT molecular complexity index is 1020. The molecule has 4 rings (SSSR count). The Morgan fingerprint density at radius 2 is 1.62 bits per heavy atom. The molecule has 24 heavy (non-hydrogen) atoms. The normalized spacial score (nSPS) is 11.1. The van der Waals surface area contributed by atoms with Crippen LogP contribution in [0.4, 0.5) is 4.39 Å². The molecule has 0 fully saturated rings. The molecule has 4 aromatic rings. The number of hydrogen-bond acceptors (Lipinski definition) is 1. The van der Waals surface area contributed by atoms with Gasteiger partial charge < -0.3 is 0 Å². The third-order valence-electron chi connectivity index (χ3n) is 4.19. The maximum Gasteiger partial charge on any atom is 0.128 e. The molecule has 0 unspecified atom stereocenters. The van der Waals surface area contributed by atoms with Gasteiger partial charge in [0, 0.05) is 10.9 Å². The summed E-state index contributed by atoms with van der Waals surface area (Å²) >= 11 is 6.35. The molecule has 0 aliphatic heterocycles. The fourth-order valence-corrected chi connectivity index (χ4v) is 3.11. The van der Waals surface area contributed by atoms with E-state index in [0.717, 1.165) is 22.3 Å². The second-order valence-electron chi connectivity index (χ2n) is 5.70. The van der Waals surface area contributed by atoms with Crippen molar-refractivity contribution in [2.24, 2.45) is 0 Å². The average Bonchev–Trinajstić information content (AvgIpc) is 3.04. The lowest BCUT2D eigenvalue weighted by Crippen LogP contribution is -1.97. The first kappa shape index (κ1) is 14.9. The zero-order valence-corrected chi connectivity index (χ0v) is 13.8. The van der Waals surface area contributed by atoms with Crippen molar-refractivity contribution in [3.05, 3.63) is 83.3 Å². The number of benzene rings is 3. The van der Waals surface area contributed by atoms with Crippen molar-refractivity contribution >= 4 is 22.5 Å². The van der Waals surface area contributed by atoms with Crippen molar-refractivity contribution in [3.63, 3.8) is 0 Å². The number of rotatable bonds is 2. The quantitative estimate of drug-likeness (QED) is 0.453. The van der Waals surface area contributed by atoms with Crippen molar-refractivity contribution in [2.45, 2.75) is 6.92 Å². The summed E-state index contributed by atoms with van der Waals surface area (Å²) in [4.78, 5) is 0. The predicted molar refractivity (Wildman–Crippen MR) is 96.2 cm³/mol. The first-order valence-electron chi connectivity index (χ1n) is 7.63. The van der Waals surface area contributed by atoms with Gasteiger partial charge in [0.2, 0.25) is 0 Å². The van der Waals surface area contributed by atoms with Gasteiger partial charge >= 0.3 is 0 Å². The van der Waals surface area contributed by atoms with E-state index in [1.165, 1.54) is 6.07 Å². The molecule has 3 aromatic carbocycles. The van der Waals surface area contributed by atoms with Crippen LogP contribution in [0.25, 0.3) is 27.7 Å². The first-order chi connectivity index (χ1) is 11.6.